The maximum Gasteiger partial charge on any atom is 0.308 e. The molecule has 0 unspecified atom stereocenters. The summed E-state index contributed by atoms with van der Waals surface area (Å²) in [7, 11) is -3.47. The zero-order valence-corrected chi connectivity index (χ0v) is 20.0. The van der Waals surface area contributed by atoms with Crippen molar-refractivity contribution in [3.63, 3.8) is 0 Å². The highest BCUT2D eigenvalue weighted by Gasteiger charge is 2.27. The number of rotatable bonds is 8. The van der Waals surface area contributed by atoms with Crippen molar-refractivity contribution in [2.75, 3.05) is 32.7 Å². The summed E-state index contributed by atoms with van der Waals surface area (Å²) in [5.74, 6) is -0.311. The molecule has 0 bridgehead atoms. The third-order valence-electron chi connectivity index (χ3n) is 6.53. The van der Waals surface area contributed by atoms with Crippen LogP contribution in [0.15, 0.2) is 33.6 Å². The maximum atomic E-state index is 12.7. The van der Waals surface area contributed by atoms with Crippen molar-refractivity contribution in [3.8, 4) is 11.5 Å². The zero-order valence-electron chi connectivity index (χ0n) is 19.2. The average Bonchev–Trinajstić information content (AvgIpc) is 3.47. The Morgan fingerprint density at radius 3 is 2.30 bits per heavy atom. The topological polar surface area (TPSA) is 109 Å². The predicted octanol–water partition coefficient (Wildman–Crippen LogP) is 2.91. The Bertz CT molecular complexity index is 1020. The van der Waals surface area contributed by atoms with Gasteiger partial charge >= 0.3 is 11.8 Å². The van der Waals surface area contributed by atoms with Crippen molar-refractivity contribution in [2.45, 2.75) is 62.8 Å². The normalized spacial score (nSPS) is 19.3. The second-order valence-electron chi connectivity index (χ2n) is 8.89. The molecular weight excluding hydrogens is 442 g/mol. The Balaban J connectivity index is 1.31. The third-order valence-corrected chi connectivity index (χ3v) is 8.45. The van der Waals surface area contributed by atoms with Crippen LogP contribution in [0.25, 0.3) is 11.5 Å². The summed E-state index contributed by atoms with van der Waals surface area (Å²) in [6, 6.07) is 6.74. The van der Waals surface area contributed by atoms with Gasteiger partial charge in [-0.1, -0.05) is 12.8 Å². The van der Waals surface area contributed by atoms with Gasteiger partial charge in [0.15, 0.2) is 0 Å². The summed E-state index contributed by atoms with van der Waals surface area (Å²) >= 11 is 0. The lowest BCUT2D eigenvalue weighted by Crippen LogP contribution is -2.37. The van der Waals surface area contributed by atoms with E-state index in [4.69, 9.17) is 4.42 Å². The van der Waals surface area contributed by atoms with Crippen molar-refractivity contribution < 1.29 is 17.6 Å². The minimum Gasteiger partial charge on any atom is -0.412 e. The second-order valence-corrected chi connectivity index (χ2v) is 10.8. The first-order chi connectivity index (χ1) is 15.9. The molecule has 1 aromatic carbocycles. The largest absolute Gasteiger partial charge is 0.412 e. The number of likely N-dealkylation sites (tertiary alicyclic amines) is 1. The van der Waals surface area contributed by atoms with Gasteiger partial charge in [0.1, 0.15) is 0 Å². The first kappa shape index (κ1) is 23.8. The van der Waals surface area contributed by atoms with E-state index in [9.17, 15) is 13.2 Å². The van der Waals surface area contributed by atoms with Gasteiger partial charge in [-0.3, -0.25) is 4.79 Å². The Kier molecular flexibility index (Phi) is 7.77. The first-order valence-electron chi connectivity index (χ1n) is 11.9. The standard InChI is InChI=1S/C23H33N5O4S/c1-18(27-14-4-2-3-5-15-27)12-13-24-21(29)23-26-25-22(32-23)19-8-10-20(11-9-19)33(30,31)28-16-6-7-17-28/h8-11,18H,2-7,12-17H2,1H3,(H,24,29)/t18-/m1/s1. The quantitative estimate of drug-likeness (QED) is 0.625. The van der Waals surface area contributed by atoms with E-state index in [1.807, 2.05) is 0 Å². The lowest BCUT2D eigenvalue weighted by molar-refractivity contribution is 0.0914. The number of sulfonamides is 1. The van der Waals surface area contributed by atoms with E-state index in [-0.39, 0.29) is 16.7 Å². The molecule has 2 aliphatic rings. The summed E-state index contributed by atoms with van der Waals surface area (Å²) in [4.78, 5) is 15.2. The number of aromatic nitrogens is 2. The van der Waals surface area contributed by atoms with Crippen LogP contribution in [0.1, 0.15) is 62.6 Å². The van der Waals surface area contributed by atoms with E-state index >= 15 is 0 Å². The minimum atomic E-state index is -3.47. The molecule has 10 heteroatoms. The number of hydrogen-bond acceptors (Lipinski definition) is 7. The number of amides is 1. The van der Waals surface area contributed by atoms with Crippen molar-refractivity contribution in [3.05, 3.63) is 30.2 Å². The summed E-state index contributed by atoms with van der Waals surface area (Å²) in [5, 5.41) is 10.7. The molecule has 2 aliphatic heterocycles. The van der Waals surface area contributed by atoms with Gasteiger partial charge in [-0.05, 0) is 76.4 Å². The highest BCUT2D eigenvalue weighted by molar-refractivity contribution is 7.89. The van der Waals surface area contributed by atoms with Crippen LogP contribution in [-0.2, 0) is 10.0 Å². The lowest BCUT2D eigenvalue weighted by atomic mass is 10.2. The van der Waals surface area contributed by atoms with E-state index < -0.39 is 15.9 Å². The highest BCUT2D eigenvalue weighted by atomic mass is 32.2. The van der Waals surface area contributed by atoms with E-state index in [1.165, 1.54) is 42.1 Å². The third kappa shape index (κ3) is 5.80. The molecule has 1 N–H and O–H groups in total. The van der Waals surface area contributed by atoms with Crippen molar-refractivity contribution in [2.24, 2.45) is 0 Å². The van der Waals surface area contributed by atoms with E-state index in [0.29, 0.717) is 31.2 Å². The summed E-state index contributed by atoms with van der Waals surface area (Å²) in [6.07, 6.45) is 7.73. The van der Waals surface area contributed by atoms with E-state index in [1.54, 1.807) is 12.1 Å². The van der Waals surface area contributed by atoms with Crippen LogP contribution in [0.2, 0.25) is 0 Å². The molecule has 0 saturated carbocycles. The van der Waals surface area contributed by atoms with Crippen LogP contribution in [-0.4, -0.2) is 72.5 Å². The summed E-state index contributed by atoms with van der Waals surface area (Å²) in [5.41, 5.74) is 0.566. The number of carbonyl (C=O) groups excluding carboxylic acids is 1. The van der Waals surface area contributed by atoms with Crippen molar-refractivity contribution in [1.82, 2.24) is 24.7 Å². The fourth-order valence-corrected chi connectivity index (χ4v) is 5.98. The van der Waals surface area contributed by atoms with Gasteiger partial charge < -0.3 is 14.6 Å². The van der Waals surface area contributed by atoms with Gasteiger partial charge in [-0.15, -0.1) is 10.2 Å². The fourth-order valence-electron chi connectivity index (χ4n) is 4.47. The maximum absolute atomic E-state index is 12.7. The molecule has 9 nitrogen and oxygen atoms in total. The van der Waals surface area contributed by atoms with Crippen molar-refractivity contribution in [1.29, 1.82) is 0 Å². The molecule has 33 heavy (non-hydrogen) atoms. The van der Waals surface area contributed by atoms with Crippen LogP contribution >= 0.6 is 0 Å². The fraction of sp³-hybridized carbons (Fsp3) is 0.609. The van der Waals surface area contributed by atoms with Gasteiger partial charge in [0.25, 0.3) is 0 Å². The molecule has 0 radical (unpaired) electrons. The summed E-state index contributed by atoms with van der Waals surface area (Å²) < 4.78 is 32.4. The number of carbonyl (C=O) groups is 1. The Labute approximate surface area is 195 Å². The minimum absolute atomic E-state index is 0.0961. The number of benzene rings is 1. The number of hydrogen-bond donors (Lipinski definition) is 1. The molecule has 1 atom stereocenters. The Morgan fingerprint density at radius 1 is 1.00 bits per heavy atom. The van der Waals surface area contributed by atoms with Crippen LogP contribution in [0.3, 0.4) is 0 Å². The molecule has 4 rings (SSSR count). The molecule has 2 aromatic rings. The van der Waals surface area contributed by atoms with Crippen LogP contribution in [0.5, 0.6) is 0 Å². The van der Waals surface area contributed by atoms with Gasteiger partial charge in [-0.25, -0.2) is 8.42 Å². The molecule has 0 aliphatic carbocycles. The number of nitrogens with one attached hydrogen (secondary N) is 1. The monoisotopic (exact) mass is 475 g/mol. The molecule has 180 valence electrons. The lowest BCUT2D eigenvalue weighted by Gasteiger charge is -2.27. The van der Waals surface area contributed by atoms with Crippen LogP contribution in [0.4, 0.5) is 0 Å². The Morgan fingerprint density at radius 2 is 1.64 bits per heavy atom. The molecular formula is C23H33N5O4S. The van der Waals surface area contributed by atoms with Gasteiger partial charge in [0.2, 0.25) is 15.9 Å². The molecule has 2 saturated heterocycles. The smallest absolute Gasteiger partial charge is 0.308 e. The molecule has 0 spiro atoms. The Hall–Kier alpha value is -2.30. The van der Waals surface area contributed by atoms with Gasteiger partial charge in [0, 0.05) is 31.2 Å². The summed E-state index contributed by atoms with van der Waals surface area (Å²) in [6.45, 7) is 6.11. The SMILES string of the molecule is C[C@H](CCNC(=O)c1nnc(-c2ccc(S(=O)(=O)N3CCCC3)cc2)o1)N1CCCCCC1. The molecule has 1 amide bonds. The van der Waals surface area contributed by atoms with Crippen LogP contribution < -0.4 is 5.32 Å². The van der Waals surface area contributed by atoms with E-state index in [0.717, 1.165) is 32.4 Å². The predicted molar refractivity (Wildman–Crippen MR) is 124 cm³/mol. The second kappa shape index (κ2) is 10.8. The zero-order chi connectivity index (χ0) is 23.3. The molecule has 1 aromatic heterocycles. The van der Waals surface area contributed by atoms with Crippen molar-refractivity contribution >= 4 is 15.9 Å². The van der Waals surface area contributed by atoms with Gasteiger partial charge in [0.05, 0.1) is 4.90 Å². The first-order valence-corrected chi connectivity index (χ1v) is 13.4. The molecule has 2 fully saturated rings. The van der Waals surface area contributed by atoms with Gasteiger partial charge in [-0.2, -0.15) is 4.31 Å². The van der Waals surface area contributed by atoms with Crippen LogP contribution in [0, 0.1) is 0 Å². The average molecular weight is 476 g/mol. The number of nitrogens with zero attached hydrogens (tertiary/aromatic N) is 4. The molecule has 3 heterocycles. The van der Waals surface area contributed by atoms with E-state index in [2.05, 4.69) is 27.3 Å². The highest BCUT2D eigenvalue weighted by Crippen LogP contribution is 2.24.